The molecule has 0 atom stereocenters. The standard InChI is InChI=1S/C35H23N9O2/c45-30-7-15-40-35-27(30)18-25(21-1-9-36-10-2-21)33(42-35)29-8-16-44(43-29)20-24-17-23(5-13-38-24)26-19-28-31(46)6-14-39-34(28)41-32(26)22-3-11-37-12-4-22/h1-19H,20H2,(H,39,41,46)(H,40,42,45). The fourth-order valence-corrected chi connectivity index (χ4v) is 5.57. The average molecular weight is 602 g/mol. The van der Waals surface area contributed by atoms with Crippen LogP contribution in [0.25, 0.3) is 67.0 Å². The SMILES string of the molecule is O=c1cc[nH]c2nc(-c3ccncc3)c(-c3ccnc(Cn4ccc(-c5nc6[nH]ccc(=O)c6cc5-c5ccncc5)n4)c3)cc12. The molecule has 46 heavy (non-hydrogen) atoms. The molecule has 0 unspecified atom stereocenters. The Balaban J connectivity index is 1.19. The van der Waals surface area contributed by atoms with Gasteiger partial charge in [-0.1, -0.05) is 0 Å². The highest BCUT2D eigenvalue weighted by Gasteiger charge is 2.17. The molecule has 0 bridgehead atoms. The van der Waals surface area contributed by atoms with Crippen molar-refractivity contribution in [2.75, 3.05) is 0 Å². The molecular weight excluding hydrogens is 578 g/mol. The molecule has 0 amide bonds. The number of rotatable bonds is 6. The fraction of sp³-hybridized carbons (Fsp3) is 0.0286. The molecule has 0 saturated heterocycles. The quantitative estimate of drug-likeness (QED) is 0.262. The highest BCUT2D eigenvalue weighted by atomic mass is 16.1. The molecule has 220 valence electrons. The van der Waals surface area contributed by atoms with Gasteiger partial charge in [-0.2, -0.15) is 5.10 Å². The summed E-state index contributed by atoms with van der Waals surface area (Å²) in [6.07, 6.45) is 13.7. The van der Waals surface area contributed by atoms with Crippen LogP contribution >= 0.6 is 0 Å². The summed E-state index contributed by atoms with van der Waals surface area (Å²) in [6, 6.07) is 20.0. The van der Waals surface area contributed by atoms with E-state index in [0.717, 1.165) is 39.2 Å². The number of hydrogen-bond donors (Lipinski definition) is 2. The van der Waals surface area contributed by atoms with Crippen LogP contribution in [0.15, 0.2) is 126 Å². The van der Waals surface area contributed by atoms with Crippen molar-refractivity contribution in [3.63, 3.8) is 0 Å². The molecule has 0 spiro atoms. The van der Waals surface area contributed by atoms with Crippen molar-refractivity contribution in [2.45, 2.75) is 6.54 Å². The van der Waals surface area contributed by atoms with Gasteiger partial charge in [0, 0.05) is 78.4 Å². The van der Waals surface area contributed by atoms with Crippen LogP contribution in [0, 0.1) is 0 Å². The number of hydrogen-bond acceptors (Lipinski definition) is 8. The van der Waals surface area contributed by atoms with E-state index >= 15 is 0 Å². The van der Waals surface area contributed by atoms with Gasteiger partial charge in [-0.3, -0.25) is 29.2 Å². The third kappa shape index (κ3) is 4.91. The molecular formula is C35H23N9O2. The minimum Gasteiger partial charge on any atom is -0.346 e. The summed E-state index contributed by atoms with van der Waals surface area (Å²) in [7, 11) is 0. The van der Waals surface area contributed by atoms with Crippen molar-refractivity contribution in [2.24, 2.45) is 0 Å². The van der Waals surface area contributed by atoms with Crippen molar-refractivity contribution >= 4 is 22.1 Å². The van der Waals surface area contributed by atoms with Gasteiger partial charge < -0.3 is 9.97 Å². The van der Waals surface area contributed by atoms with E-state index in [1.165, 1.54) is 12.1 Å². The van der Waals surface area contributed by atoms with E-state index in [0.29, 0.717) is 40.0 Å². The van der Waals surface area contributed by atoms with E-state index in [4.69, 9.17) is 15.1 Å². The molecule has 0 fully saturated rings. The highest BCUT2D eigenvalue weighted by molar-refractivity contribution is 5.90. The van der Waals surface area contributed by atoms with Gasteiger partial charge >= 0.3 is 0 Å². The summed E-state index contributed by atoms with van der Waals surface area (Å²) in [5, 5.41) is 5.85. The molecule has 0 radical (unpaired) electrons. The lowest BCUT2D eigenvalue weighted by molar-refractivity contribution is 0.675. The van der Waals surface area contributed by atoms with Gasteiger partial charge in [0.05, 0.1) is 28.7 Å². The third-order valence-corrected chi connectivity index (χ3v) is 7.77. The lowest BCUT2D eigenvalue weighted by Crippen LogP contribution is -2.05. The van der Waals surface area contributed by atoms with Gasteiger partial charge in [-0.05, 0) is 65.7 Å². The summed E-state index contributed by atoms with van der Waals surface area (Å²) in [4.78, 5) is 54.1. The molecule has 0 aromatic carbocycles. The number of pyridine rings is 7. The number of fused-ring (bicyclic) bond motifs is 2. The Hall–Kier alpha value is -6.62. The zero-order valence-corrected chi connectivity index (χ0v) is 24.1. The Labute approximate surface area is 260 Å². The number of nitrogens with zero attached hydrogens (tertiary/aromatic N) is 7. The summed E-state index contributed by atoms with van der Waals surface area (Å²) in [5.41, 5.74) is 7.73. The zero-order chi connectivity index (χ0) is 31.0. The smallest absolute Gasteiger partial charge is 0.191 e. The van der Waals surface area contributed by atoms with E-state index in [1.807, 2.05) is 60.8 Å². The second-order valence-electron chi connectivity index (χ2n) is 10.7. The first kappa shape index (κ1) is 27.0. The molecule has 8 aromatic heterocycles. The second kappa shape index (κ2) is 11.1. The molecule has 2 N–H and O–H groups in total. The maximum atomic E-state index is 12.7. The van der Waals surface area contributed by atoms with Gasteiger partial charge in [0.1, 0.15) is 22.7 Å². The maximum Gasteiger partial charge on any atom is 0.191 e. The molecule has 8 aromatic rings. The van der Waals surface area contributed by atoms with Gasteiger partial charge in [-0.25, -0.2) is 9.97 Å². The van der Waals surface area contributed by atoms with Crippen molar-refractivity contribution in [1.82, 2.24) is 44.7 Å². The number of H-pyrrole nitrogens is 2. The Morgan fingerprint density at radius 1 is 0.609 bits per heavy atom. The predicted octanol–water partition coefficient (Wildman–Crippen LogP) is 5.26. The Bertz CT molecular complexity index is 2510. The van der Waals surface area contributed by atoms with Gasteiger partial charge in [-0.15, -0.1) is 0 Å². The molecule has 8 heterocycles. The molecule has 11 nitrogen and oxygen atoms in total. The first-order valence-electron chi connectivity index (χ1n) is 14.5. The molecule has 0 aliphatic carbocycles. The molecule has 8 rings (SSSR count). The van der Waals surface area contributed by atoms with Crippen LogP contribution in [0.2, 0.25) is 0 Å². The van der Waals surface area contributed by atoms with Crippen LogP contribution in [0.1, 0.15) is 5.69 Å². The van der Waals surface area contributed by atoms with Crippen LogP contribution in [-0.4, -0.2) is 44.7 Å². The van der Waals surface area contributed by atoms with E-state index < -0.39 is 0 Å². The van der Waals surface area contributed by atoms with Crippen molar-refractivity contribution in [1.29, 1.82) is 0 Å². The monoisotopic (exact) mass is 601 g/mol. The summed E-state index contributed by atoms with van der Waals surface area (Å²) >= 11 is 0. The molecule has 0 aliphatic rings. The highest BCUT2D eigenvalue weighted by Crippen LogP contribution is 2.33. The van der Waals surface area contributed by atoms with E-state index in [-0.39, 0.29) is 10.9 Å². The first-order valence-corrected chi connectivity index (χ1v) is 14.5. The zero-order valence-electron chi connectivity index (χ0n) is 24.1. The van der Waals surface area contributed by atoms with Crippen molar-refractivity contribution in [3.8, 4) is 44.9 Å². The van der Waals surface area contributed by atoms with Crippen molar-refractivity contribution < 1.29 is 0 Å². The predicted molar refractivity (Wildman–Crippen MR) is 175 cm³/mol. The fourth-order valence-electron chi connectivity index (χ4n) is 5.57. The number of nitrogens with one attached hydrogen (secondary N) is 2. The second-order valence-corrected chi connectivity index (χ2v) is 10.7. The van der Waals surface area contributed by atoms with Crippen LogP contribution in [0.4, 0.5) is 0 Å². The summed E-state index contributed by atoms with van der Waals surface area (Å²) in [6.45, 7) is 0.384. The number of aromatic nitrogens is 9. The average Bonchev–Trinajstić information content (AvgIpc) is 3.57. The summed E-state index contributed by atoms with van der Waals surface area (Å²) < 4.78 is 1.80. The Morgan fingerprint density at radius 3 is 1.87 bits per heavy atom. The van der Waals surface area contributed by atoms with Gasteiger partial charge in [0.25, 0.3) is 0 Å². The van der Waals surface area contributed by atoms with Crippen LogP contribution in [-0.2, 0) is 6.54 Å². The molecule has 0 saturated carbocycles. The van der Waals surface area contributed by atoms with E-state index in [2.05, 4.69) is 24.9 Å². The minimum atomic E-state index is -0.113. The molecule has 11 heteroatoms. The van der Waals surface area contributed by atoms with Crippen LogP contribution in [0.5, 0.6) is 0 Å². The van der Waals surface area contributed by atoms with E-state index in [1.54, 1.807) is 48.1 Å². The number of aromatic amines is 2. The van der Waals surface area contributed by atoms with Crippen LogP contribution < -0.4 is 10.9 Å². The van der Waals surface area contributed by atoms with E-state index in [9.17, 15) is 9.59 Å². The lowest BCUT2D eigenvalue weighted by atomic mass is 9.98. The summed E-state index contributed by atoms with van der Waals surface area (Å²) in [5.74, 6) is 0. The maximum absolute atomic E-state index is 12.7. The molecule has 0 aliphatic heterocycles. The lowest BCUT2D eigenvalue weighted by Gasteiger charge is -2.12. The van der Waals surface area contributed by atoms with Crippen LogP contribution in [0.3, 0.4) is 0 Å². The van der Waals surface area contributed by atoms with Gasteiger partial charge in [0.2, 0.25) is 0 Å². The largest absolute Gasteiger partial charge is 0.346 e. The van der Waals surface area contributed by atoms with Crippen molar-refractivity contribution in [3.05, 3.63) is 142 Å². The Kier molecular flexibility index (Phi) is 6.53. The third-order valence-electron chi connectivity index (χ3n) is 7.77. The van der Waals surface area contributed by atoms with Gasteiger partial charge in [0.15, 0.2) is 10.9 Å². The Morgan fingerprint density at radius 2 is 1.20 bits per heavy atom. The first-order chi connectivity index (χ1) is 22.6. The topological polar surface area (TPSA) is 148 Å². The minimum absolute atomic E-state index is 0.111. The normalized spacial score (nSPS) is 11.3.